The molecule has 0 bridgehead atoms. The number of rotatable bonds is 3. The molecule has 1 aromatic heterocycles. The van der Waals surface area contributed by atoms with Gasteiger partial charge < -0.3 is 5.73 Å². The maximum Gasteiger partial charge on any atom is 0.130 e. The Morgan fingerprint density at radius 3 is 3.08 bits per heavy atom. The number of hydrogen-bond donors (Lipinski definition) is 1. The predicted octanol–water partition coefficient (Wildman–Crippen LogP) is 2.32. The first-order valence-electron chi connectivity index (χ1n) is 3.66. The highest BCUT2D eigenvalue weighted by Gasteiger charge is 2.01. The van der Waals surface area contributed by atoms with Crippen LogP contribution in [0.25, 0.3) is 0 Å². The van der Waals surface area contributed by atoms with Crippen LogP contribution in [0.1, 0.15) is 6.42 Å². The maximum absolute atomic E-state index is 8.33. The summed E-state index contributed by atoms with van der Waals surface area (Å²) < 4.78 is 0. The molecule has 1 rings (SSSR count). The SMILES string of the molecule is N#CCCSc1nc(Cl)ccc1N. The predicted molar refractivity (Wildman–Crippen MR) is 54.6 cm³/mol. The van der Waals surface area contributed by atoms with Crippen LogP contribution in [0.15, 0.2) is 17.2 Å². The number of nitrogen functional groups attached to an aromatic ring is 1. The van der Waals surface area contributed by atoms with Crippen LogP contribution in [0, 0.1) is 11.3 Å². The molecule has 0 aromatic carbocycles. The molecule has 0 saturated heterocycles. The van der Waals surface area contributed by atoms with E-state index in [4.69, 9.17) is 22.6 Å². The normalized spacial score (nSPS) is 9.54. The van der Waals surface area contributed by atoms with Crippen molar-refractivity contribution in [1.29, 1.82) is 5.26 Å². The topological polar surface area (TPSA) is 62.7 Å². The Balaban J connectivity index is 2.65. The molecule has 0 aliphatic heterocycles. The highest BCUT2D eigenvalue weighted by atomic mass is 35.5. The van der Waals surface area contributed by atoms with Gasteiger partial charge in [-0.2, -0.15) is 5.26 Å². The summed E-state index contributed by atoms with van der Waals surface area (Å²) in [5.41, 5.74) is 6.25. The molecule has 13 heavy (non-hydrogen) atoms. The highest BCUT2D eigenvalue weighted by molar-refractivity contribution is 7.99. The summed E-state index contributed by atoms with van der Waals surface area (Å²) in [5.74, 6) is 0.689. The largest absolute Gasteiger partial charge is 0.397 e. The third-order valence-electron chi connectivity index (χ3n) is 1.31. The van der Waals surface area contributed by atoms with Crippen molar-refractivity contribution in [1.82, 2.24) is 4.98 Å². The number of anilines is 1. The van der Waals surface area contributed by atoms with E-state index >= 15 is 0 Å². The fourth-order valence-electron chi connectivity index (χ4n) is 0.738. The van der Waals surface area contributed by atoms with E-state index in [-0.39, 0.29) is 0 Å². The fourth-order valence-corrected chi connectivity index (χ4v) is 1.72. The first-order chi connectivity index (χ1) is 6.24. The van der Waals surface area contributed by atoms with Crippen molar-refractivity contribution in [3.63, 3.8) is 0 Å². The number of thioether (sulfide) groups is 1. The Kier molecular flexibility index (Phi) is 3.87. The molecule has 0 fully saturated rings. The fraction of sp³-hybridized carbons (Fsp3) is 0.250. The van der Waals surface area contributed by atoms with Crippen molar-refractivity contribution in [2.45, 2.75) is 11.4 Å². The van der Waals surface area contributed by atoms with Gasteiger partial charge in [-0.1, -0.05) is 11.6 Å². The van der Waals surface area contributed by atoms with Crippen LogP contribution in [0.5, 0.6) is 0 Å². The van der Waals surface area contributed by atoms with E-state index in [1.54, 1.807) is 12.1 Å². The molecule has 0 spiro atoms. The van der Waals surface area contributed by atoms with Gasteiger partial charge in [0.15, 0.2) is 0 Å². The standard InChI is InChI=1S/C8H8ClN3S/c9-7-3-2-6(11)8(12-7)13-5-1-4-10/h2-3H,1,5,11H2. The summed E-state index contributed by atoms with van der Waals surface area (Å²) >= 11 is 7.13. The summed E-state index contributed by atoms with van der Waals surface area (Å²) in [5, 5.41) is 9.45. The van der Waals surface area contributed by atoms with Crippen LogP contribution in [-0.4, -0.2) is 10.7 Å². The van der Waals surface area contributed by atoms with Gasteiger partial charge in [0, 0.05) is 12.2 Å². The lowest BCUT2D eigenvalue weighted by Crippen LogP contribution is -1.92. The van der Waals surface area contributed by atoms with Crippen molar-refractivity contribution in [3.05, 3.63) is 17.3 Å². The molecule has 0 amide bonds. The third-order valence-corrected chi connectivity index (χ3v) is 2.53. The second kappa shape index (κ2) is 4.95. The molecule has 0 unspecified atom stereocenters. The van der Waals surface area contributed by atoms with E-state index in [0.717, 1.165) is 0 Å². The highest BCUT2D eigenvalue weighted by Crippen LogP contribution is 2.24. The molecular formula is C8H8ClN3S. The van der Waals surface area contributed by atoms with E-state index in [9.17, 15) is 0 Å². The summed E-state index contributed by atoms with van der Waals surface area (Å²) in [6, 6.07) is 5.41. The summed E-state index contributed by atoms with van der Waals surface area (Å²) in [6.07, 6.45) is 0.484. The van der Waals surface area contributed by atoms with E-state index in [0.29, 0.717) is 28.0 Å². The molecule has 0 radical (unpaired) electrons. The van der Waals surface area contributed by atoms with Gasteiger partial charge >= 0.3 is 0 Å². The number of nitrogens with two attached hydrogens (primary N) is 1. The molecule has 1 aromatic rings. The number of hydrogen-bond acceptors (Lipinski definition) is 4. The minimum Gasteiger partial charge on any atom is -0.397 e. The van der Waals surface area contributed by atoms with E-state index < -0.39 is 0 Å². The number of aromatic nitrogens is 1. The van der Waals surface area contributed by atoms with Crippen LogP contribution in [0.2, 0.25) is 5.15 Å². The number of nitriles is 1. The van der Waals surface area contributed by atoms with Crippen LogP contribution >= 0.6 is 23.4 Å². The van der Waals surface area contributed by atoms with Gasteiger partial charge in [0.2, 0.25) is 0 Å². The Bertz CT molecular complexity index is 335. The van der Waals surface area contributed by atoms with Gasteiger partial charge in [-0.15, -0.1) is 11.8 Å². The molecule has 5 heteroatoms. The van der Waals surface area contributed by atoms with Crippen LogP contribution in [0.3, 0.4) is 0 Å². The molecule has 0 saturated carbocycles. The lowest BCUT2D eigenvalue weighted by atomic mass is 10.4. The Morgan fingerprint density at radius 2 is 2.38 bits per heavy atom. The van der Waals surface area contributed by atoms with Crippen molar-refractivity contribution < 1.29 is 0 Å². The summed E-state index contributed by atoms with van der Waals surface area (Å²) in [7, 11) is 0. The van der Waals surface area contributed by atoms with Crippen LogP contribution < -0.4 is 5.73 Å². The molecule has 2 N–H and O–H groups in total. The maximum atomic E-state index is 8.33. The smallest absolute Gasteiger partial charge is 0.130 e. The number of pyridine rings is 1. The molecule has 0 atom stereocenters. The molecule has 1 heterocycles. The van der Waals surface area contributed by atoms with Crippen LogP contribution in [0.4, 0.5) is 5.69 Å². The zero-order valence-corrected chi connectivity index (χ0v) is 8.40. The first kappa shape index (κ1) is 10.2. The first-order valence-corrected chi connectivity index (χ1v) is 5.02. The van der Waals surface area contributed by atoms with E-state index in [1.807, 2.05) is 6.07 Å². The van der Waals surface area contributed by atoms with Crippen molar-refractivity contribution in [3.8, 4) is 6.07 Å². The lowest BCUT2D eigenvalue weighted by Gasteiger charge is -2.02. The Morgan fingerprint density at radius 1 is 1.62 bits per heavy atom. The van der Waals surface area contributed by atoms with Gasteiger partial charge in [-0.25, -0.2) is 4.98 Å². The summed E-state index contributed by atoms with van der Waals surface area (Å²) in [6.45, 7) is 0. The minimum absolute atomic E-state index is 0.425. The lowest BCUT2D eigenvalue weighted by molar-refractivity contribution is 1.13. The van der Waals surface area contributed by atoms with Crippen LogP contribution in [-0.2, 0) is 0 Å². The zero-order valence-electron chi connectivity index (χ0n) is 6.83. The zero-order chi connectivity index (χ0) is 9.68. The van der Waals surface area contributed by atoms with Gasteiger partial charge in [-0.05, 0) is 12.1 Å². The average molecular weight is 214 g/mol. The monoisotopic (exact) mass is 213 g/mol. The molecular weight excluding hydrogens is 206 g/mol. The second-order valence-electron chi connectivity index (χ2n) is 2.28. The minimum atomic E-state index is 0.425. The van der Waals surface area contributed by atoms with Crippen molar-refractivity contribution in [2.24, 2.45) is 0 Å². The van der Waals surface area contributed by atoms with Gasteiger partial charge in [0.25, 0.3) is 0 Å². The molecule has 68 valence electrons. The molecule has 0 aliphatic carbocycles. The number of halogens is 1. The van der Waals surface area contributed by atoms with E-state index in [2.05, 4.69) is 4.98 Å². The molecule has 0 aliphatic rings. The van der Waals surface area contributed by atoms with Gasteiger partial charge in [0.05, 0.1) is 11.8 Å². The van der Waals surface area contributed by atoms with Gasteiger partial charge in [-0.3, -0.25) is 0 Å². The van der Waals surface area contributed by atoms with Gasteiger partial charge in [0.1, 0.15) is 10.2 Å². The molecule has 3 nitrogen and oxygen atoms in total. The Hall–Kier alpha value is -0.920. The number of nitrogens with zero attached hydrogens (tertiary/aromatic N) is 2. The van der Waals surface area contributed by atoms with E-state index in [1.165, 1.54) is 11.8 Å². The van der Waals surface area contributed by atoms with Crippen molar-refractivity contribution in [2.75, 3.05) is 11.5 Å². The quantitative estimate of drug-likeness (QED) is 0.476. The second-order valence-corrected chi connectivity index (χ2v) is 3.76. The average Bonchev–Trinajstić information content (AvgIpc) is 2.11. The Labute approximate surface area is 85.9 Å². The summed E-state index contributed by atoms with van der Waals surface area (Å²) in [4.78, 5) is 4.04. The van der Waals surface area contributed by atoms with Crippen molar-refractivity contribution >= 4 is 29.1 Å². The third kappa shape index (κ3) is 3.13.